The van der Waals surface area contributed by atoms with Crippen LogP contribution >= 0.6 is 39.1 Å². The first kappa shape index (κ1) is 27.1. The maximum Gasteiger partial charge on any atom is 1.00 e. The number of hydrogen-bond donors (Lipinski definition) is 4. The average molecular weight is 610 g/mol. The summed E-state index contributed by atoms with van der Waals surface area (Å²) in [5.41, 5.74) is 3.72. The van der Waals surface area contributed by atoms with E-state index < -0.39 is 0 Å². The molecule has 0 spiro atoms. The molecule has 1 aromatic heterocycles. The van der Waals surface area contributed by atoms with Crippen LogP contribution in [0.15, 0.2) is 45.0 Å². The van der Waals surface area contributed by atoms with Crippen LogP contribution in [0.1, 0.15) is 12.6 Å². The molecule has 1 fully saturated rings. The molecule has 7 nitrogen and oxygen atoms in total. The summed E-state index contributed by atoms with van der Waals surface area (Å²) in [5, 5.41) is 20.1. The van der Waals surface area contributed by atoms with Crippen molar-refractivity contribution >= 4 is 67.1 Å². The van der Waals surface area contributed by atoms with Crippen LogP contribution in [-0.4, -0.2) is 60.8 Å². The van der Waals surface area contributed by atoms with Gasteiger partial charge in [-0.3, -0.25) is 0 Å². The van der Waals surface area contributed by atoms with Gasteiger partial charge in [0.2, 0.25) is 0 Å². The van der Waals surface area contributed by atoms with E-state index in [0.717, 1.165) is 48.4 Å². The summed E-state index contributed by atoms with van der Waals surface area (Å²) in [6.45, 7) is 5.56. The molecule has 2 aliphatic heterocycles. The summed E-state index contributed by atoms with van der Waals surface area (Å²) in [6, 6.07) is 9.15. The van der Waals surface area contributed by atoms with Crippen LogP contribution in [0.25, 0.3) is 10.9 Å². The van der Waals surface area contributed by atoms with E-state index in [2.05, 4.69) is 31.4 Å². The number of aromatic hydroxyl groups is 1. The van der Waals surface area contributed by atoms with Gasteiger partial charge < -0.3 is 50.0 Å². The van der Waals surface area contributed by atoms with Gasteiger partial charge in [0.1, 0.15) is 18.0 Å². The highest BCUT2D eigenvalue weighted by Crippen LogP contribution is 2.39. The Morgan fingerprint density at radius 1 is 1.18 bits per heavy atom. The van der Waals surface area contributed by atoms with Crippen LogP contribution in [0.4, 0.5) is 5.69 Å². The number of nitrogens with zero attached hydrogens (tertiary/aromatic N) is 2. The van der Waals surface area contributed by atoms with Gasteiger partial charge in [-0.1, -0.05) is 44.3 Å². The molecular formula is C22H22BrCl4N5O2. The Labute approximate surface area is 229 Å². The van der Waals surface area contributed by atoms with Gasteiger partial charge >= 0.3 is 1.43 Å². The minimum absolute atomic E-state index is 0. The van der Waals surface area contributed by atoms with E-state index in [9.17, 15) is 5.11 Å². The van der Waals surface area contributed by atoms with Crippen molar-refractivity contribution in [2.45, 2.75) is 0 Å². The standard InChI is InChI=1S/C22H20BrCl2N5O2.2ClH/c23-12-1-2-17-14(9-12)20(29-32-8-7-30-5-3-26-4-6-30)21(27-17)18-15-10-13(24)11-16(25)19(15)28-22(18)31;;/h1-2,9-11,26,28,31H,3-8H2;2*1H/b29-20+;;. The molecule has 4 N–H and O–H groups in total. The first-order valence-corrected chi connectivity index (χ1v) is 11.9. The average Bonchev–Trinajstić information content (AvgIpc) is 3.28. The molecule has 0 atom stereocenters. The van der Waals surface area contributed by atoms with Crippen molar-refractivity contribution in [3.05, 3.63) is 56.0 Å². The minimum atomic E-state index is -0.0484. The lowest BCUT2D eigenvalue weighted by Crippen LogP contribution is -3.15. The zero-order valence-electron chi connectivity index (χ0n) is 18.8. The van der Waals surface area contributed by atoms with Crippen LogP contribution < -0.4 is 35.0 Å². The Bertz CT molecular complexity index is 1260. The minimum Gasteiger partial charge on any atom is -1.00 e. The topological polar surface area (TPSA) is 86.4 Å². The van der Waals surface area contributed by atoms with Gasteiger partial charge in [-0.05, 0) is 30.3 Å². The lowest BCUT2D eigenvalue weighted by atomic mass is 10.0. The molecule has 0 radical (unpaired) electrons. The Morgan fingerprint density at radius 2 is 1.94 bits per heavy atom. The number of halogens is 5. The van der Waals surface area contributed by atoms with Gasteiger partial charge in [-0.15, -0.1) is 0 Å². The summed E-state index contributed by atoms with van der Waals surface area (Å²) in [7, 11) is 0. The third-order valence-corrected chi connectivity index (χ3v) is 6.73. The number of quaternary nitrogens is 1. The molecule has 2 aliphatic rings. The number of fused-ring (bicyclic) bond motifs is 2. The summed E-state index contributed by atoms with van der Waals surface area (Å²) in [6.07, 6.45) is 0. The Kier molecular flexibility index (Phi) is 9.14. The first-order valence-electron chi connectivity index (χ1n) is 10.3. The van der Waals surface area contributed by atoms with Gasteiger partial charge in [-0.25, -0.2) is 4.99 Å². The molecule has 12 heteroatoms. The first-order chi connectivity index (χ1) is 15.5. The highest BCUT2D eigenvalue weighted by Gasteiger charge is 2.30. The summed E-state index contributed by atoms with van der Waals surface area (Å²) >= 11 is 16.1. The Morgan fingerprint density at radius 3 is 2.71 bits per heavy atom. The van der Waals surface area contributed by atoms with E-state index in [4.69, 9.17) is 33.0 Å². The van der Waals surface area contributed by atoms with E-state index in [1.807, 2.05) is 18.2 Å². The summed E-state index contributed by atoms with van der Waals surface area (Å²) in [5.74, 6) is -0.0484. The normalized spacial score (nSPS) is 16.7. The van der Waals surface area contributed by atoms with E-state index in [-0.39, 0.29) is 32.1 Å². The number of rotatable bonds is 5. The lowest BCUT2D eigenvalue weighted by molar-refractivity contribution is -0.902. The van der Waals surface area contributed by atoms with E-state index in [0.29, 0.717) is 44.5 Å². The second kappa shape index (κ2) is 11.5. The Balaban J connectivity index is 0.00000144. The fraction of sp³-hybridized carbons (Fsp3) is 0.273. The van der Waals surface area contributed by atoms with Crippen LogP contribution in [-0.2, 0) is 4.84 Å². The van der Waals surface area contributed by atoms with Gasteiger partial charge in [0.15, 0.2) is 12.5 Å². The lowest BCUT2D eigenvalue weighted by Gasteiger charge is -2.23. The molecule has 0 amide bonds. The van der Waals surface area contributed by atoms with Crippen molar-refractivity contribution in [3.8, 4) is 5.88 Å². The molecule has 1 saturated heterocycles. The van der Waals surface area contributed by atoms with Crippen molar-refractivity contribution in [2.24, 2.45) is 10.1 Å². The van der Waals surface area contributed by atoms with Crippen LogP contribution in [0, 0.1) is 0 Å². The molecule has 34 heavy (non-hydrogen) atoms. The zero-order chi connectivity index (χ0) is 22.2. The third-order valence-electron chi connectivity index (χ3n) is 5.73. The predicted molar refractivity (Wildman–Crippen MR) is 132 cm³/mol. The molecular weight excluding hydrogens is 588 g/mol. The van der Waals surface area contributed by atoms with E-state index in [1.165, 1.54) is 4.90 Å². The summed E-state index contributed by atoms with van der Waals surface area (Å²) < 4.78 is 0.903. The molecule has 0 saturated carbocycles. The number of H-pyrrole nitrogens is 1. The molecule has 0 bridgehead atoms. The maximum absolute atomic E-state index is 10.8. The van der Waals surface area contributed by atoms with Gasteiger partial charge in [0.05, 0.1) is 34.9 Å². The van der Waals surface area contributed by atoms with Crippen molar-refractivity contribution in [1.29, 1.82) is 0 Å². The second-order valence-corrected chi connectivity index (χ2v) is 9.56. The molecule has 0 aliphatic carbocycles. The number of oxime groups is 1. The SMILES string of the molecule is Oc1[nH]c2c(Cl)cc(Cl)cc2c1C1=Nc2ccc(Br)cc2/C1=N\OCC[NH+]1CCNCC1.[Cl-].[Cl-].[H+]. The van der Waals surface area contributed by atoms with Crippen molar-refractivity contribution in [3.63, 3.8) is 0 Å². The fourth-order valence-electron chi connectivity index (χ4n) is 4.14. The van der Waals surface area contributed by atoms with Crippen LogP contribution in [0.2, 0.25) is 10.0 Å². The highest BCUT2D eigenvalue weighted by atomic mass is 79.9. The Hall–Kier alpha value is -1.52. The highest BCUT2D eigenvalue weighted by molar-refractivity contribution is 9.10. The van der Waals surface area contributed by atoms with Crippen LogP contribution in [0.5, 0.6) is 5.88 Å². The predicted octanol–water partition coefficient (Wildman–Crippen LogP) is -2.59. The van der Waals surface area contributed by atoms with Crippen molar-refractivity contribution < 1.29 is 41.1 Å². The van der Waals surface area contributed by atoms with E-state index >= 15 is 0 Å². The molecule has 0 unspecified atom stereocenters. The van der Waals surface area contributed by atoms with E-state index in [1.54, 1.807) is 12.1 Å². The number of benzene rings is 2. The number of nitrogens with one attached hydrogen (secondary N) is 3. The monoisotopic (exact) mass is 607 g/mol. The number of piperazine rings is 1. The number of aromatic amines is 1. The smallest absolute Gasteiger partial charge is 1.00 e. The molecule has 3 heterocycles. The molecule has 3 aromatic rings. The fourth-order valence-corrected chi connectivity index (χ4v) is 5.04. The molecule has 2 aromatic carbocycles. The van der Waals surface area contributed by atoms with Crippen molar-refractivity contribution in [1.82, 2.24) is 10.3 Å². The number of hydrogen-bond acceptors (Lipinski definition) is 5. The van der Waals surface area contributed by atoms with Gasteiger partial charge in [0, 0.05) is 33.5 Å². The number of aliphatic imine (C=N–C) groups is 1. The van der Waals surface area contributed by atoms with Gasteiger partial charge in [-0.2, -0.15) is 0 Å². The second-order valence-electron chi connectivity index (χ2n) is 7.80. The van der Waals surface area contributed by atoms with Crippen molar-refractivity contribution in [2.75, 3.05) is 39.3 Å². The maximum atomic E-state index is 10.8. The van der Waals surface area contributed by atoms with Gasteiger partial charge in [0.25, 0.3) is 0 Å². The zero-order valence-corrected chi connectivity index (χ0v) is 22.4. The molecule has 182 valence electrons. The van der Waals surface area contributed by atoms with Crippen LogP contribution in [0.3, 0.4) is 0 Å². The third kappa shape index (κ3) is 5.33. The summed E-state index contributed by atoms with van der Waals surface area (Å²) in [4.78, 5) is 14.9. The number of aromatic nitrogens is 1. The largest absolute Gasteiger partial charge is 1.00 e. The molecule has 5 rings (SSSR count). The quantitative estimate of drug-likeness (QED) is 0.189.